The molecule has 94 valence electrons. The molecular formula is C12H10Cl2N2OS. The second-order valence-electron chi connectivity index (χ2n) is 3.30. The van der Waals surface area contributed by atoms with Gasteiger partial charge in [-0.1, -0.05) is 35.0 Å². The Hall–Kier alpha value is -0.970. The normalized spacial score (nSPS) is 10.3. The number of ether oxygens (including phenoxy) is 1. The van der Waals surface area contributed by atoms with Crippen molar-refractivity contribution in [3.8, 4) is 5.75 Å². The molecule has 2 aromatic rings. The van der Waals surface area contributed by atoms with Gasteiger partial charge in [0.1, 0.15) is 5.75 Å². The standard InChI is InChI=1S/C12H10Cl2N2OS/c13-9-2-3-11(10(14)8-9)17-6-7-18-12-15-4-1-5-16-12/h1-5,8H,6-7H2. The van der Waals surface area contributed by atoms with E-state index in [-0.39, 0.29) is 0 Å². The van der Waals surface area contributed by atoms with Crippen LogP contribution in [0.15, 0.2) is 41.8 Å². The molecule has 0 aliphatic heterocycles. The van der Waals surface area contributed by atoms with E-state index in [1.807, 2.05) is 0 Å². The third kappa shape index (κ3) is 4.05. The van der Waals surface area contributed by atoms with Crippen molar-refractivity contribution in [1.82, 2.24) is 9.97 Å². The van der Waals surface area contributed by atoms with Gasteiger partial charge in [-0.25, -0.2) is 9.97 Å². The molecule has 0 fully saturated rings. The molecule has 6 heteroatoms. The summed E-state index contributed by atoms with van der Waals surface area (Å²) in [5, 5.41) is 1.85. The average Bonchev–Trinajstić information content (AvgIpc) is 2.38. The maximum atomic E-state index is 5.98. The Labute approximate surface area is 120 Å². The summed E-state index contributed by atoms with van der Waals surface area (Å²) in [5.41, 5.74) is 0. The van der Waals surface area contributed by atoms with Crippen molar-refractivity contribution in [2.24, 2.45) is 0 Å². The largest absolute Gasteiger partial charge is 0.491 e. The minimum absolute atomic E-state index is 0.517. The van der Waals surface area contributed by atoms with E-state index < -0.39 is 0 Å². The van der Waals surface area contributed by atoms with E-state index in [9.17, 15) is 0 Å². The molecule has 2 rings (SSSR count). The zero-order chi connectivity index (χ0) is 12.8. The number of hydrogen-bond donors (Lipinski definition) is 0. The van der Waals surface area contributed by atoms with Gasteiger partial charge in [0.25, 0.3) is 0 Å². The van der Waals surface area contributed by atoms with Gasteiger partial charge in [0.2, 0.25) is 0 Å². The topological polar surface area (TPSA) is 35.0 Å². The van der Waals surface area contributed by atoms with Gasteiger partial charge in [-0.15, -0.1) is 0 Å². The van der Waals surface area contributed by atoms with Gasteiger partial charge < -0.3 is 4.74 Å². The Morgan fingerprint density at radius 3 is 2.67 bits per heavy atom. The van der Waals surface area contributed by atoms with Gasteiger partial charge in [-0.3, -0.25) is 0 Å². The van der Waals surface area contributed by atoms with E-state index in [1.165, 1.54) is 11.8 Å². The molecule has 0 aliphatic carbocycles. The number of nitrogens with zero attached hydrogens (tertiary/aromatic N) is 2. The smallest absolute Gasteiger partial charge is 0.187 e. The highest BCUT2D eigenvalue weighted by Crippen LogP contribution is 2.27. The number of hydrogen-bond acceptors (Lipinski definition) is 4. The van der Waals surface area contributed by atoms with Crippen LogP contribution >= 0.6 is 35.0 Å². The number of benzene rings is 1. The van der Waals surface area contributed by atoms with Crippen LogP contribution in [0.5, 0.6) is 5.75 Å². The molecule has 0 amide bonds. The maximum Gasteiger partial charge on any atom is 0.187 e. The van der Waals surface area contributed by atoms with Gasteiger partial charge >= 0.3 is 0 Å². The van der Waals surface area contributed by atoms with Gasteiger partial charge in [-0.2, -0.15) is 0 Å². The number of rotatable bonds is 5. The van der Waals surface area contributed by atoms with Crippen LogP contribution in [-0.4, -0.2) is 22.3 Å². The summed E-state index contributed by atoms with van der Waals surface area (Å²) >= 11 is 13.3. The summed E-state index contributed by atoms with van der Waals surface area (Å²) in [6, 6.07) is 6.95. The maximum absolute atomic E-state index is 5.98. The quantitative estimate of drug-likeness (QED) is 0.476. The van der Waals surface area contributed by atoms with E-state index in [0.717, 1.165) is 10.9 Å². The minimum atomic E-state index is 0.517. The Bertz CT molecular complexity index is 511. The summed E-state index contributed by atoms with van der Waals surface area (Å²) in [5.74, 6) is 1.39. The summed E-state index contributed by atoms with van der Waals surface area (Å²) in [6.45, 7) is 0.532. The van der Waals surface area contributed by atoms with Crippen LogP contribution in [0.1, 0.15) is 0 Å². The van der Waals surface area contributed by atoms with Crippen molar-refractivity contribution in [1.29, 1.82) is 0 Å². The predicted molar refractivity (Wildman–Crippen MR) is 74.7 cm³/mol. The number of thioether (sulfide) groups is 1. The molecule has 0 bridgehead atoms. The first-order chi connectivity index (χ1) is 8.75. The molecule has 0 aliphatic rings. The molecule has 3 nitrogen and oxygen atoms in total. The van der Waals surface area contributed by atoms with E-state index in [2.05, 4.69) is 9.97 Å². The first-order valence-electron chi connectivity index (χ1n) is 5.23. The van der Waals surface area contributed by atoms with Crippen molar-refractivity contribution < 1.29 is 4.74 Å². The van der Waals surface area contributed by atoms with Crippen molar-refractivity contribution in [3.63, 3.8) is 0 Å². The lowest BCUT2D eigenvalue weighted by Gasteiger charge is -2.07. The lowest BCUT2D eigenvalue weighted by Crippen LogP contribution is -2.01. The first kappa shape index (κ1) is 13.5. The fourth-order valence-electron chi connectivity index (χ4n) is 1.24. The summed E-state index contributed by atoms with van der Waals surface area (Å²) in [7, 11) is 0. The molecule has 18 heavy (non-hydrogen) atoms. The first-order valence-corrected chi connectivity index (χ1v) is 6.97. The number of aromatic nitrogens is 2. The van der Waals surface area contributed by atoms with E-state index >= 15 is 0 Å². The Morgan fingerprint density at radius 1 is 1.17 bits per heavy atom. The average molecular weight is 301 g/mol. The van der Waals surface area contributed by atoms with Crippen LogP contribution < -0.4 is 4.74 Å². The van der Waals surface area contributed by atoms with E-state index in [1.54, 1.807) is 36.7 Å². The summed E-state index contributed by atoms with van der Waals surface area (Å²) in [6.07, 6.45) is 3.43. The van der Waals surface area contributed by atoms with Crippen LogP contribution in [0.25, 0.3) is 0 Å². The fourth-order valence-corrected chi connectivity index (χ4v) is 2.32. The minimum Gasteiger partial charge on any atom is -0.491 e. The van der Waals surface area contributed by atoms with Crippen molar-refractivity contribution in [3.05, 3.63) is 46.7 Å². The molecule has 1 aromatic heterocycles. The Morgan fingerprint density at radius 2 is 1.94 bits per heavy atom. The summed E-state index contributed by atoms with van der Waals surface area (Å²) < 4.78 is 5.55. The molecule has 1 heterocycles. The predicted octanol–water partition coefficient (Wildman–Crippen LogP) is 3.95. The molecule has 0 saturated carbocycles. The molecule has 1 aromatic carbocycles. The third-order valence-corrected chi connectivity index (χ3v) is 3.38. The van der Waals surface area contributed by atoms with Gasteiger partial charge in [0.15, 0.2) is 5.16 Å². The second kappa shape index (κ2) is 6.83. The zero-order valence-corrected chi connectivity index (χ0v) is 11.7. The molecule has 0 radical (unpaired) electrons. The van der Waals surface area contributed by atoms with Crippen molar-refractivity contribution >= 4 is 35.0 Å². The molecule has 0 saturated heterocycles. The SMILES string of the molecule is Clc1ccc(OCCSc2ncccn2)c(Cl)c1. The molecule has 0 N–H and O–H groups in total. The zero-order valence-electron chi connectivity index (χ0n) is 9.35. The lowest BCUT2D eigenvalue weighted by atomic mass is 10.3. The molecular weight excluding hydrogens is 291 g/mol. The van der Waals surface area contributed by atoms with Crippen LogP contribution in [-0.2, 0) is 0 Å². The fraction of sp³-hybridized carbons (Fsp3) is 0.167. The molecule has 0 spiro atoms. The Balaban J connectivity index is 1.79. The molecule has 0 atom stereocenters. The van der Waals surface area contributed by atoms with Crippen LogP contribution in [0.3, 0.4) is 0 Å². The van der Waals surface area contributed by atoms with Crippen molar-refractivity contribution in [2.75, 3.05) is 12.4 Å². The number of halogens is 2. The van der Waals surface area contributed by atoms with Gasteiger partial charge in [-0.05, 0) is 24.3 Å². The highest BCUT2D eigenvalue weighted by atomic mass is 35.5. The Kier molecular flexibility index (Phi) is 5.11. The van der Waals surface area contributed by atoms with Gasteiger partial charge in [0.05, 0.1) is 11.6 Å². The van der Waals surface area contributed by atoms with E-state index in [0.29, 0.717) is 22.4 Å². The highest BCUT2D eigenvalue weighted by Gasteiger charge is 2.02. The van der Waals surface area contributed by atoms with E-state index in [4.69, 9.17) is 27.9 Å². The summed E-state index contributed by atoms with van der Waals surface area (Å²) in [4.78, 5) is 8.21. The van der Waals surface area contributed by atoms with Crippen LogP contribution in [0.4, 0.5) is 0 Å². The van der Waals surface area contributed by atoms with Crippen LogP contribution in [0, 0.1) is 0 Å². The monoisotopic (exact) mass is 300 g/mol. The second-order valence-corrected chi connectivity index (χ2v) is 5.21. The van der Waals surface area contributed by atoms with Crippen LogP contribution in [0.2, 0.25) is 10.0 Å². The van der Waals surface area contributed by atoms with Gasteiger partial charge in [0, 0.05) is 23.2 Å². The molecule has 0 unspecified atom stereocenters. The lowest BCUT2D eigenvalue weighted by molar-refractivity contribution is 0.344. The highest BCUT2D eigenvalue weighted by molar-refractivity contribution is 7.99. The van der Waals surface area contributed by atoms with Crippen molar-refractivity contribution in [2.45, 2.75) is 5.16 Å². The third-order valence-electron chi connectivity index (χ3n) is 2.01.